The Morgan fingerprint density at radius 3 is 2.75 bits per heavy atom. The van der Waals surface area contributed by atoms with Crippen molar-refractivity contribution in [2.45, 2.75) is 19.6 Å². The third-order valence-electron chi connectivity index (χ3n) is 2.07. The summed E-state index contributed by atoms with van der Waals surface area (Å²) < 4.78 is 13.0. The van der Waals surface area contributed by atoms with Gasteiger partial charge in [0.25, 0.3) is 0 Å². The predicted octanol–water partition coefficient (Wildman–Crippen LogP) is 3.00. The van der Waals surface area contributed by atoms with Crippen LogP contribution in [-0.2, 0) is 5.75 Å². The summed E-state index contributed by atoms with van der Waals surface area (Å²) in [5.41, 5.74) is 6.86. The molecule has 16 heavy (non-hydrogen) atoms. The second-order valence-corrected chi connectivity index (χ2v) is 5.15. The van der Waals surface area contributed by atoms with E-state index in [9.17, 15) is 4.39 Å². The summed E-state index contributed by atoms with van der Waals surface area (Å²) >= 11 is 1.78. The van der Waals surface area contributed by atoms with E-state index in [2.05, 4.69) is 13.8 Å². The van der Waals surface area contributed by atoms with E-state index in [0.29, 0.717) is 11.5 Å². The molecule has 1 aromatic carbocycles. The molecule has 0 aliphatic heterocycles. The topological polar surface area (TPSA) is 49.9 Å². The van der Waals surface area contributed by atoms with Crippen molar-refractivity contribution in [3.05, 3.63) is 35.1 Å². The molecule has 0 unspecified atom stereocenters. The van der Waals surface area contributed by atoms with Crippen molar-refractivity contribution in [2.24, 2.45) is 11.7 Å². The van der Waals surface area contributed by atoms with Crippen LogP contribution in [0.4, 0.5) is 4.39 Å². The van der Waals surface area contributed by atoms with E-state index in [-0.39, 0.29) is 11.7 Å². The molecule has 0 spiro atoms. The number of hydrogen-bond acceptors (Lipinski definition) is 2. The fourth-order valence-electron chi connectivity index (χ4n) is 1.33. The molecule has 1 aromatic rings. The summed E-state index contributed by atoms with van der Waals surface area (Å²) in [7, 11) is 0. The molecule has 0 bridgehead atoms. The first-order valence-electron chi connectivity index (χ1n) is 5.21. The molecule has 0 heterocycles. The molecule has 0 aromatic heterocycles. The van der Waals surface area contributed by atoms with Crippen molar-refractivity contribution < 1.29 is 4.39 Å². The van der Waals surface area contributed by atoms with Gasteiger partial charge in [0, 0.05) is 11.3 Å². The molecule has 0 aliphatic rings. The smallest absolute Gasteiger partial charge is 0.123 e. The van der Waals surface area contributed by atoms with Crippen LogP contribution in [0, 0.1) is 17.1 Å². The molecule has 2 nitrogen and oxygen atoms in total. The summed E-state index contributed by atoms with van der Waals surface area (Å²) in [5.74, 6) is 2.04. The minimum atomic E-state index is -0.345. The van der Waals surface area contributed by atoms with Crippen molar-refractivity contribution >= 4 is 17.6 Å². The Hall–Kier alpha value is -1.03. The number of halogens is 1. The predicted molar refractivity (Wildman–Crippen MR) is 68.4 cm³/mol. The second kappa shape index (κ2) is 5.89. The van der Waals surface area contributed by atoms with Gasteiger partial charge in [-0.25, -0.2) is 4.39 Å². The van der Waals surface area contributed by atoms with Crippen LogP contribution >= 0.6 is 11.8 Å². The van der Waals surface area contributed by atoms with Crippen LogP contribution < -0.4 is 5.73 Å². The summed E-state index contributed by atoms with van der Waals surface area (Å²) in [6, 6.07) is 4.45. The molecule has 3 N–H and O–H groups in total. The van der Waals surface area contributed by atoms with Crippen molar-refractivity contribution in [2.75, 3.05) is 5.75 Å². The molecule has 0 atom stereocenters. The zero-order valence-electron chi connectivity index (χ0n) is 9.59. The lowest BCUT2D eigenvalue weighted by atomic mass is 10.1. The Kier molecular flexibility index (Phi) is 4.80. The number of thioether (sulfide) groups is 1. The van der Waals surface area contributed by atoms with Crippen molar-refractivity contribution in [3.63, 3.8) is 0 Å². The third-order valence-corrected chi connectivity index (χ3v) is 3.49. The first kappa shape index (κ1) is 13.0. The van der Waals surface area contributed by atoms with E-state index in [4.69, 9.17) is 11.1 Å². The number of benzene rings is 1. The molecule has 0 aliphatic carbocycles. The second-order valence-electron chi connectivity index (χ2n) is 4.12. The Balaban J connectivity index is 2.75. The van der Waals surface area contributed by atoms with Gasteiger partial charge in [0.05, 0.1) is 0 Å². The highest BCUT2D eigenvalue weighted by Gasteiger charge is 2.07. The van der Waals surface area contributed by atoms with Crippen LogP contribution in [-0.4, -0.2) is 11.6 Å². The molecule has 0 fully saturated rings. The van der Waals surface area contributed by atoms with Gasteiger partial charge >= 0.3 is 0 Å². The normalized spacial score (nSPS) is 10.8. The Bertz CT molecular complexity index is 377. The van der Waals surface area contributed by atoms with Gasteiger partial charge in [-0.3, -0.25) is 5.41 Å². The molecule has 1 rings (SSSR count). The van der Waals surface area contributed by atoms with E-state index in [1.165, 1.54) is 12.1 Å². The van der Waals surface area contributed by atoms with E-state index < -0.39 is 0 Å². The van der Waals surface area contributed by atoms with Crippen LogP contribution in [0.5, 0.6) is 0 Å². The fourth-order valence-corrected chi connectivity index (χ4v) is 2.39. The third kappa shape index (κ3) is 3.85. The number of rotatable bonds is 5. The van der Waals surface area contributed by atoms with Gasteiger partial charge in [0.15, 0.2) is 0 Å². The lowest BCUT2D eigenvalue weighted by Gasteiger charge is -2.09. The largest absolute Gasteiger partial charge is 0.384 e. The lowest BCUT2D eigenvalue weighted by Crippen LogP contribution is -2.14. The highest BCUT2D eigenvalue weighted by atomic mass is 32.2. The van der Waals surface area contributed by atoms with Crippen LogP contribution in [0.25, 0.3) is 0 Å². The Labute approximate surface area is 99.9 Å². The zero-order valence-corrected chi connectivity index (χ0v) is 10.4. The number of hydrogen-bond donors (Lipinski definition) is 2. The summed E-state index contributed by atoms with van der Waals surface area (Å²) in [6.45, 7) is 4.31. The Morgan fingerprint density at radius 1 is 1.50 bits per heavy atom. The number of nitrogens with two attached hydrogens (primary N) is 1. The van der Waals surface area contributed by atoms with Gasteiger partial charge in [-0.05, 0) is 29.4 Å². The highest BCUT2D eigenvalue weighted by molar-refractivity contribution is 7.98. The highest BCUT2D eigenvalue weighted by Crippen LogP contribution is 2.19. The molecular weight excluding hydrogens is 223 g/mol. The molecule has 4 heteroatoms. The SMILES string of the molecule is CC(C)CSCc1ccc(F)cc1C(=N)N. The lowest BCUT2D eigenvalue weighted by molar-refractivity contribution is 0.627. The van der Waals surface area contributed by atoms with E-state index in [1.807, 2.05) is 0 Å². The maximum Gasteiger partial charge on any atom is 0.123 e. The number of amidine groups is 1. The van der Waals surface area contributed by atoms with Crippen LogP contribution in [0.3, 0.4) is 0 Å². The monoisotopic (exact) mass is 240 g/mol. The van der Waals surface area contributed by atoms with E-state index >= 15 is 0 Å². The van der Waals surface area contributed by atoms with Gasteiger partial charge in [-0.15, -0.1) is 0 Å². The molecule has 0 saturated carbocycles. The van der Waals surface area contributed by atoms with E-state index in [0.717, 1.165) is 17.1 Å². The van der Waals surface area contributed by atoms with Gasteiger partial charge in [0.1, 0.15) is 11.7 Å². The molecular formula is C12H17FN2S. The maximum atomic E-state index is 13.0. The summed E-state index contributed by atoms with van der Waals surface area (Å²) in [6.07, 6.45) is 0. The standard InChI is InChI=1S/C12H17FN2S/c1-8(2)6-16-7-9-3-4-10(13)5-11(9)12(14)15/h3-5,8H,6-7H2,1-2H3,(H3,14,15). The molecule has 0 saturated heterocycles. The molecule has 0 radical (unpaired) electrons. The zero-order chi connectivity index (χ0) is 12.1. The number of nitrogen functional groups attached to an aromatic ring is 1. The molecule has 88 valence electrons. The minimum Gasteiger partial charge on any atom is -0.384 e. The summed E-state index contributed by atoms with van der Waals surface area (Å²) in [5, 5.41) is 7.39. The van der Waals surface area contributed by atoms with Gasteiger partial charge < -0.3 is 5.73 Å². The first-order valence-corrected chi connectivity index (χ1v) is 6.36. The summed E-state index contributed by atoms with van der Waals surface area (Å²) in [4.78, 5) is 0. The van der Waals surface area contributed by atoms with Crippen molar-refractivity contribution in [1.29, 1.82) is 5.41 Å². The van der Waals surface area contributed by atoms with Crippen molar-refractivity contribution in [1.82, 2.24) is 0 Å². The van der Waals surface area contributed by atoms with Gasteiger partial charge in [0.2, 0.25) is 0 Å². The first-order chi connectivity index (χ1) is 7.50. The molecule has 0 amide bonds. The van der Waals surface area contributed by atoms with Gasteiger partial charge in [-0.2, -0.15) is 11.8 Å². The maximum absolute atomic E-state index is 13.0. The Morgan fingerprint density at radius 2 is 2.19 bits per heavy atom. The van der Waals surface area contributed by atoms with Gasteiger partial charge in [-0.1, -0.05) is 19.9 Å². The fraction of sp³-hybridized carbons (Fsp3) is 0.417. The minimum absolute atomic E-state index is 0.0698. The van der Waals surface area contributed by atoms with Crippen LogP contribution in [0.15, 0.2) is 18.2 Å². The van der Waals surface area contributed by atoms with Crippen molar-refractivity contribution in [3.8, 4) is 0 Å². The van der Waals surface area contributed by atoms with Crippen LogP contribution in [0.2, 0.25) is 0 Å². The average molecular weight is 240 g/mol. The number of nitrogens with one attached hydrogen (secondary N) is 1. The quantitative estimate of drug-likeness (QED) is 0.614. The van der Waals surface area contributed by atoms with E-state index in [1.54, 1.807) is 17.8 Å². The average Bonchev–Trinajstić information content (AvgIpc) is 2.19. The van der Waals surface area contributed by atoms with Crippen LogP contribution in [0.1, 0.15) is 25.0 Å².